The minimum Gasteiger partial charge on any atom is -0.508 e. The van der Waals surface area contributed by atoms with Crippen LogP contribution in [0.5, 0.6) is 5.75 Å². The van der Waals surface area contributed by atoms with E-state index in [0.717, 1.165) is 16.6 Å². The van der Waals surface area contributed by atoms with Crippen LogP contribution in [0.4, 0.5) is 5.95 Å². The van der Waals surface area contributed by atoms with E-state index in [2.05, 4.69) is 39.3 Å². The Morgan fingerprint density at radius 1 is 1.04 bits per heavy atom. The number of nitrogens with zero attached hydrogens (tertiary/aromatic N) is 4. The van der Waals surface area contributed by atoms with E-state index in [9.17, 15) is 5.11 Å². The fourth-order valence-electron chi connectivity index (χ4n) is 2.75. The SMILES string of the molecule is CC(Nc1nccc(-n2cnc3ccc(O)cc32)n1)c1ccccc1. The first-order valence-electron chi connectivity index (χ1n) is 8.02. The van der Waals surface area contributed by atoms with Gasteiger partial charge in [0.1, 0.15) is 17.9 Å². The molecule has 6 nitrogen and oxygen atoms in total. The summed E-state index contributed by atoms with van der Waals surface area (Å²) in [5.41, 5.74) is 2.75. The van der Waals surface area contributed by atoms with Crippen molar-refractivity contribution in [1.82, 2.24) is 19.5 Å². The summed E-state index contributed by atoms with van der Waals surface area (Å²) in [7, 11) is 0. The molecule has 0 spiro atoms. The first-order valence-corrected chi connectivity index (χ1v) is 8.02. The molecule has 2 N–H and O–H groups in total. The Bertz CT molecular complexity index is 1010. The molecule has 0 amide bonds. The van der Waals surface area contributed by atoms with E-state index in [4.69, 9.17) is 0 Å². The van der Waals surface area contributed by atoms with Crippen LogP contribution in [0.15, 0.2) is 67.1 Å². The van der Waals surface area contributed by atoms with Crippen molar-refractivity contribution in [2.24, 2.45) is 0 Å². The molecule has 0 aliphatic heterocycles. The number of benzene rings is 2. The molecular weight excluding hydrogens is 314 g/mol. The molecule has 0 aliphatic rings. The zero-order chi connectivity index (χ0) is 17.2. The van der Waals surface area contributed by atoms with Crippen LogP contribution in [-0.2, 0) is 0 Å². The van der Waals surface area contributed by atoms with Crippen LogP contribution < -0.4 is 5.32 Å². The summed E-state index contributed by atoms with van der Waals surface area (Å²) in [5, 5.41) is 13.0. The van der Waals surface area contributed by atoms with E-state index in [1.165, 1.54) is 0 Å². The van der Waals surface area contributed by atoms with Gasteiger partial charge in [0.05, 0.1) is 17.1 Å². The van der Waals surface area contributed by atoms with E-state index in [0.29, 0.717) is 11.8 Å². The number of phenols is 1. The number of hydrogen-bond donors (Lipinski definition) is 2. The average Bonchev–Trinajstić information content (AvgIpc) is 3.05. The summed E-state index contributed by atoms with van der Waals surface area (Å²) in [5.74, 6) is 1.42. The number of phenolic OH excluding ortho intramolecular Hbond substituents is 1. The van der Waals surface area contributed by atoms with Gasteiger partial charge in [-0.25, -0.2) is 9.97 Å². The zero-order valence-electron chi connectivity index (χ0n) is 13.7. The maximum absolute atomic E-state index is 9.73. The fourth-order valence-corrected chi connectivity index (χ4v) is 2.75. The predicted octanol–water partition coefficient (Wildman–Crippen LogP) is 3.69. The Morgan fingerprint density at radius 2 is 1.88 bits per heavy atom. The molecule has 1 atom stereocenters. The lowest BCUT2D eigenvalue weighted by Crippen LogP contribution is -2.10. The smallest absolute Gasteiger partial charge is 0.225 e. The number of fused-ring (bicyclic) bond motifs is 1. The summed E-state index contributed by atoms with van der Waals surface area (Å²) in [6, 6.07) is 17.1. The molecule has 124 valence electrons. The molecule has 2 aromatic heterocycles. The Labute approximate surface area is 144 Å². The van der Waals surface area contributed by atoms with Gasteiger partial charge in [-0.15, -0.1) is 0 Å². The molecule has 0 bridgehead atoms. The highest BCUT2D eigenvalue weighted by atomic mass is 16.3. The van der Waals surface area contributed by atoms with Gasteiger partial charge in [0, 0.05) is 12.3 Å². The highest BCUT2D eigenvalue weighted by Crippen LogP contribution is 2.22. The molecule has 0 fully saturated rings. The molecule has 4 rings (SSSR count). The first kappa shape index (κ1) is 15.1. The first-order chi connectivity index (χ1) is 12.2. The van der Waals surface area contributed by atoms with Crippen LogP contribution in [-0.4, -0.2) is 24.6 Å². The molecule has 0 radical (unpaired) electrons. The zero-order valence-corrected chi connectivity index (χ0v) is 13.7. The molecule has 6 heteroatoms. The number of imidazole rings is 1. The lowest BCUT2D eigenvalue weighted by molar-refractivity contribution is 0.476. The summed E-state index contributed by atoms with van der Waals surface area (Å²) in [6.07, 6.45) is 3.40. The van der Waals surface area contributed by atoms with E-state index < -0.39 is 0 Å². The fraction of sp³-hybridized carbons (Fsp3) is 0.105. The molecule has 2 aromatic carbocycles. The van der Waals surface area contributed by atoms with Crippen LogP contribution in [0.1, 0.15) is 18.5 Å². The highest BCUT2D eigenvalue weighted by molar-refractivity contribution is 5.78. The lowest BCUT2D eigenvalue weighted by atomic mass is 10.1. The molecular formula is C19H17N5O. The van der Waals surface area contributed by atoms with Crippen LogP contribution in [0.3, 0.4) is 0 Å². The van der Waals surface area contributed by atoms with Crippen molar-refractivity contribution in [3.8, 4) is 11.6 Å². The minimum atomic E-state index is 0.0834. The molecule has 0 saturated heterocycles. The lowest BCUT2D eigenvalue weighted by Gasteiger charge is -2.14. The van der Waals surface area contributed by atoms with Gasteiger partial charge in [0.15, 0.2) is 0 Å². The summed E-state index contributed by atoms with van der Waals surface area (Å²) in [4.78, 5) is 13.2. The quantitative estimate of drug-likeness (QED) is 0.596. The van der Waals surface area contributed by atoms with Crippen molar-refractivity contribution in [1.29, 1.82) is 0 Å². The third kappa shape index (κ3) is 3.01. The van der Waals surface area contributed by atoms with Gasteiger partial charge in [-0.1, -0.05) is 30.3 Å². The van der Waals surface area contributed by atoms with Gasteiger partial charge < -0.3 is 10.4 Å². The third-order valence-corrected chi connectivity index (χ3v) is 4.06. The second-order valence-electron chi connectivity index (χ2n) is 5.80. The standard InChI is InChI=1S/C19H17N5O/c1-13(14-5-3-2-4-6-14)22-19-20-10-9-18(23-19)24-12-21-16-8-7-15(25)11-17(16)24/h2-13,25H,1H3,(H,20,22,23). The summed E-state index contributed by atoms with van der Waals surface area (Å²) < 4.78 is 1.83. The third-order valence-electron chi connectivity index (χ3n) is 4.06. The molecule has 0 saturated carbocycles. The Kier molecular flexibility index (Phi) is 3.78. The second-order valence-corrected chi connectivity index (χ2v) is 5.80. The maximum Gasteiger partial charge on any atom is 0.225 e. The number of aromatic hydroxyl groups is 1. The Morgan fingerprint density at radius 3 is 2.72 bits per heavy atom. The summed E-state index contributed by atoms with van der Waals surface area (Å²) in [6.45, 7) is 2.07. The van der Waals surface area contributed by atoms with Crippen molar-refractivity contribution in [2.75, 3.05) is 5.32 Å². The molecule has 4 aromatic rings. The number of anilines is 1. The van der Waals surface area contributed by atoms with Crippen LogP contribution >= 0.6 is 0 Å². The Balaban J connectivity index is 1.66. The summed E-state index contributed by atoms with van der Waals surface area (Å²) >= 11 is 0. The number of aromatic nitrogens is 4. The molecule has 1 unspecified atom stereocenters. The van der Waals surface area contributed by atoms with E-state index in [1.807, 2.05) is 28.8 Å². The molecule has 25 heavy (non-hydrogen) atoms. The highest BCUT2D eigenvalue weighted by Gasteiger charge is 2.10. The maximum atomic E-state index is 9.73. The van der Waals surface area contributed by atoms with Crippen molar-refractivity contribution in [3.05, 3.63) is 72.7 Å². The van der Waals surface area contributed by atoms with Crippen molar-refractivity contribution >= 4 is 17.0 Å². The van der Waals surface area contributed by atoms with Gasteiger partial charge >= 0.3 is 0 Å². The number of rotatable bonds is 4. The van der Waals surface area contributed by atoms with Gasteiger partial charge in [-0.3, -0.25) is 4.57 Å². The van der Waals surface area contributed by atoms with Crippen LogP contribution in [0, 0.1) is 0 Å². The number of hydrogen-bond acceptors (Lipinski definition) is 5. The van der Waals surface area contributed by atoms with E-state index in [-0.39, 0.29) is 11.8 Å². The molecule has 2 heterocycles. The van der Waals surface area contributed by atoms with Crippen molar-refractivity contribution in [2.45, 2.75) is 13.0 Å². The topological polar surface area (TPSA) is 75.9 Å². The second kappa shape index (κ2) is 6.24. The Hall–Kier alpha value is -3.41. The van der Waals surface area contributed by atoms with Gasteiger partial charge in [-0.05, 0) is 30.7 Å². The van der Waals surface area contributed by atoms with Crippen molar-refractivity contribution in [3.63, 3.8) is 0 Å². The largest absolute Gasteiger partial charge is 0.508 e. The van der Waals surface area contributed by atoms with E-state index in [1.54, 1.807) is 30.7 Å². The van der Waals surface area contributed by atoms with Crippen LogP contribution in [0.2, 0.25) is 0 Å². The number of nitrogens with one attached hydrogen (secondary N) is 1. The average molecular weight is 331 g/mol. The monoisotopic (exact) mass is 331 g/mol. The van der Waals surface area contributed by atoms with Crippen molar-refractivity contribution < 1.29 is 5.11 Å². The van der Waals surface area contributed by atoms with Crippen LogP contribution in [0.25, 0.3) is 16.9 Å². The van der Waals surface area contributed by atoms with Gasteiger partial charge in [0.2, 0.25) is 5.95 Å². The normalized spacial score (nSPS) is 12.2. The van der Waals surface area contributed by atoms with Gasteiger partial charge in [-0.2, -0.15) is 4.98 Å². The molecule has 0 aliphatic carbocycles. The van der Waals surface area contributed by atoms with E-state index >= 15 is 0 Å². The minimum absolute atomic E-state index is 0.0834. The van der Waals surface area contributed by atoms with Gasteiger partial charge in [0.25, 0.3) is 0 Å². The predicted molar refractivity (Wildman–Crippen MR) is 96.8 cm³/mol.